The van der Waals surface area contributed by atoms with E-state index in [4.69, 9.17) is 0 Å². The van der Waals surface area contributed by atoms with Crippen LogP contribution in [-0.2, 0) is 6.54 Å². The van der Waals surface area contributed by atoms with E-state index in [0.29, 0.717) is 6.54 Å². The number of hydrogen-bond acceptors (Lipinski definition) is 4. The SMILES string of the molecule is CNc1nc(NCc2ccc(C)nc2)c(F)cc1F. The van der Waals surface area contributed by atoms with Gasteiger partial charge in [0.25, 0.3) is 0 Å². The highest BCUT2D eigenvalue weighted by Crippen LogP contribution is 2.19. The molecule has 2 heterocycles. The van der Waals surface area contributed by atoms with Gasteiger partial charge in [0.05, 0.1) is 0 Å². The molecule has 0 radical (unpaired) electrons. The highest BCUT2D eigenvalue weighted by Gasteiger charge is 2.10. The molecule has 0 aliphatic carbocycles. The van der Waals surface area contributed by atoms with Crippen molar-refractivity contribution >= 4 is 11.6 Å². The molecule has 2 aromatic heterocycles. The highest BCUT2D eigenvalue weighted by atomic mass is 19.1. The van der Waals surface area contributed by atoms with Gasteiger partial charge in [0.15, 0.2) is 23.3 Å². The molecule has 0 saturated carbocycles. The molecule has 0 fully saturated rings. The summed E-state index contributed by atoms with van der Waals surface area (Å²) in [6.07, 6.45) is 1.70. The third-order valence-electron chi connectivity index (χ3n) is 2.60. The zero-order chi connectivity index (χ0) is 13.8. The molecule has 0 aromatic carbocycles. The summed E-state index contributed by atoms with van der Waals surface area (Å²) in [6, 6.07) is 4.55. The lowest BCUT2D eigenvalue weighted by molar-refractivity contribution is 0.578. The van der Waals surface area contributed by atoms with Crippen LogP contribution in [0.4, 0.5) is 20.4 Å². The monoisotopic (exact) mass is 264 g/mol. The smallest absolute Gasteiger partial charge is 0.168 e. The van der Waals surface area contributed by atoms with Crippen LogP contribution < -0.4 is 10.6 Å². The Balaban J connectivity index is 2.13. The first-order valence-corrected chi connectivity index (χ1v) is 5.79. The molecule has 100 valence electrons. The van der Waals surface area contributed by atoms with E-state index in [1.165, 1.54) is 7.05 Å². The van der Waals surface area contributed by atoms with Crippen LogP contribution in [0.2, 0.25) is 0 Å². The lowest BCUT2D eigenvalue weighted by Crippen LogP contribution is -2.07. The Labute approximate surface area is 109 Å². The summed E-state index contributed by atoms with van der Waals surface area (Å²) in [5.74, 6) is -1.43. The second kappa shape index (κ2) is 5.60. The fourth-order valence-corrected chi connectivity index (χ4v) is 1.55. The van der Waals surface area contributed by atoms with Gasteiger partial charge in [-0.05, 0) is 18.6 Å². The summed E-state index contributed by atoms with van der Waals surface area (Å²) in [7, 11) is 1.52. The molecule has 2 aromatic rings. The Morgan fingerprint density at radius 2 is 1.89 bits per heavy atom. The molecule has 0 spiro atoms. The summed E-state index contributed by atoms with van der Waals surface area (Å²) in [4.78, 5) is 7.97. The van der Waals surface area contributed by atoms with Crippen molar-refractivity contribution < 1.29 is 8.78 Å². The summed E-state index contributed by atoms with van der Waals surface area (Å²) >= 11 is 0. The molecular weight excluding hydrogens is 250 g/mol. The highest BCUT2D eigenvalue weighted by molar-refractivity contribution is 5.47. The van der Waals surface area contributed by atoms with E-state index in [-0.39, 0.29) is 11.6 Å². The largest absolute Gasteiger partial charge is 0.371 e. The van der Waals surface area contributed by atoms with Crippen LogP contribution in [-0.4, -0.2) is 17.0 Å². The Morgan fingerprint density at radius 3 is 2.53 bits per heavy atom. The van der Waals surface area contributed by atoms with Gasteiger partial charge in [-0.15, -0.1) is 0 Å². The standard InChI is InChI=1S/C13H14F2N4/c1-8-3-4-9(6-17-8)7-18-13-11(15)5-10(14)12(16-2)19-13/h3-6H,7H2,1-2H3,(H2,16,18,19). The summed E-state index contributed by atoms with van der Waals surface area (Å²) in [6.45, 7) is 2.25. The predicted octanol–water partition coefficient (Wildman–Crippen LogP) is 2.72. The molecular formula is C13H14F2N4. The maximum atomic E-state index is 13.5. The Morgan fingerprint density at radius 1 is 1.16 bits per heavy atom. The van der Waals surface area contributed by atoms with Crippen molar-refractivity contribution in [3.05, 3.63) is 47.3 Å². The molecule has 2 N–H and O–H groups in total. The average molecular weight is 264 g/mol. The van der Waals surface area contributed by atoms with Crippen LogP contribution in [0, 0.1) is 18.6 Å². The molecule has 0 amide bonds. The molecule has 0 saturated heterocycles. The van der Waals surface area contributed by atoms with Gasteiger partial charge in [0.1, 0.15) is 0 Å². The normalized spacial score (nSPS) is 10.3. The number of aromatic nitrogens is 2. The van der Waals surface area contributed by atoms with Crippen molar-refractivity contribution in [1.82, 2.24) is 9.97 Å². The van der Waals surface area contributed by atoms with Crippen LogP contribution in [0.25, 0.3) is 0 Å². The number of aryl methyl sites for hydroxylation is 1. The van der Waals surface area contributed by atoms with Crippen molar-refractivity contribution in [2.75, 3.05) is 17.7 Å². The first kappa shape index (κ1) is 13.2. The minimum atomic E-state index is -0.725. The number of rotatable bonds is 4. The van der Waals surface area contributed by atoms with Gasteiger partial charge in [-0.25, -0.2) is 13.8 Å². The van der Waals surface area contributed by atoms with Crippen LogP contribution >= 0.6 is 0 Å². The van der Waals surface area contributed by atoms with Crippen LogP contribution in [0.3, 0.4) is 0 Å². The second-order valence-electron chi connectivity index (χ2n) is 4.06. The van der Waals surface area contributed by atoms with Crippen molar-refractivity contribution in [3.8, 4) is 0 Å². The minimum Gasteiger partial charge on any atom is -0.371 e. The van der Waals surface area contributed by atoms with Crippen LogP contribution in [0.5, 0.6) is 0 Å². The van der Waals surface area contributed by atoms with E-state index >= 15 is 0 Å². The zero-order valence-corrected chi connectivity index (χ0v) is 10.7. The van der Waals surface area contributed by atoms with Gasteiger partial charge in [0.2, 0.25) is 0 Å². The molecule has 6 heteroatoms. The Hall–Kier alpha value is -2.24. The van der Waals surface area contributed by atoms with E-state index in [1.807, 2.05) is 19.1 Å². The van der Waals surface area contributed by atoms with Gasteiger partial charge < -0.3 is 10.6 Å². The van der Waals surface area contributed by atoms with E-state index in [2.05, 4.69) is 20.6 Å². The van der Waals surface area contributed by atoms with Gasteiger partial charge in [-0.3, -0.25) is 4.98 Å². The quantitative estimate of drug-likeness (QED) is 0.891. The van der Waals surface area contributed by atoms with E-state index in [0.717, 1.165) is 17.3 Å². The number of hydrogen-bond donors (Lipinski definition) is 2. The maximum Gasteiger partial charge on any atom is 0.168 e. The molecule has 0 bridgehead atoms. The molecule has 0 aliphatic rings. The Kier molecular flexibility index (Phi) is 3.89. The first-order valence-electron chi connectivity index (χ1n) is 5.79. The minimum absolute atomic E-state index is 0.00549. The summed E-state index contributed by atoms with van der Waals surface area (Å²) in [5.41, 5.74) is 1.80. The van der Waals surface area contributed by atoms with Crippen LogP contribution in [0.15, 0.2) is 24.4 Å². The lowest BCUT2D eigenvalue weighted by atomic mass is 10.2. The third kappa shape index (κ3) is 3.15. The summed E-state index contributed by atoms with van der Waals surface area (Å²) in [5, 5.41) is 5.38. The lowest BCUT2D eigenvalue weighted by Gasteiger charge is -2.09. The second-order valence-corrected chi connectivity index (χ2v) is 4.06. The fraction of sp³-hybridized carbons (Fsp3) is 0.231. The maximum absolute atomic E-state index is 13.5. The van der Waals surface area contributed by atoms with Crippen molar-refractivity contribution in [3.63, 3.8) is 0 Å². The molecule has 19 heavy (non-hydrogen) atoms. The Bertz CT molecular complexity index is 570. The van der Waals surface area contributed by atoms with Gasteiger partial charge >= 0.3 is 0 Å². The van der Waals surface area contributed by atoms with Crippen molar-refractivity contribution in [2.24, 2.45) is 0 Å². The van der Waals surface area contributed by atoms with E-state index in [1.54, 1.807) is 6.20 Å². The molecule has 0 unspecified atom stereocenters. The fourth-order valence-electron chi connectivity index (χ4n) is 1.55. The predicted molar refractivity (Wildman–Crippen MR) is 70.0 cm³/mol. The van der Waals surface area contributed by atoms with Gasteiger partial charge in [-0.2, -0.15) is 0 Å². The number of anilines is 2. The van der Waals surface area contributed by atoms with Crippen molar-refractivity contribution in [2.45, 2.75) is 13.5 Å². The van der Waals surface area contributed by atoms with E-state index in [9.17, 15) is 8.78 Å². The molecule has 4 nitrogen and oxygen atoms in total. The first-order chi connectivity index (χ1) is 9.10. The molecule has 0 aliphatic heterocycles. The molecule has 2 rings (SSSR count). The van der Waals surface area contributed by atoms with Crippen LogP contribution in [0.1, 0.15) is 11.3 Å². The number of nitrogens with one attached hydrogen (secondary N) is 2. The third-order valence-corrected chi connectivity index (χ3v) is 2.60. The van der Waals surface area contributed by atoms with E-state index < -0.39 is 11.6 Å². The zero-order valence-electron chi connectivity index (χ0n) is 10.7. The van der Waals surface area contributed by atoms with Gasteiger partial charge in [0, 0.05) is 31.5 Å². The number of nitrogens with zero attached hydrogens (tertiary/aromatic N) is 2. The topological polar surface area (TPSA) is 49.8 Å². The molecule has 0 atom stereocenters. The number of pyridine rings is 2. The summed E-state index contributed by atoms with van der Waals surface area (Å²) < 4.78 is 26.8. The van der Waals surface area contributed by atoms with Gasteiger partial charge in [-0.1, -0.05) is 6.07 Å². The number of halogens is 2. The van der Waals surface area contributed by atoms with Crippen molar-refractivity contribution in [1.29, 1.82) is 0 Å². The average Bonchev–Trinajstić information content (AvgIpc) is 2.40.